The fourth-order valence-corrected chi connectivity index (χ4v) is 1.30. The Morgan fingerprint density at radius 1 is 1.42 bits per heavy atom. The van der Waals surface area contributed by atoms with Gasteiger partial charge in [0.2, 0.25) is 0 Å². The molecule has 0 spiro atoms. The number of nitrogens with one attached hydrogen (secondary N) is 1. The first kappa shape index (κ1) is 9.00. The summed E-state index contributed by atoms with van der Waals surface area (Å²) in [5.74, 6) is 0. The van der Waals surface area contributed by atoms with E-state index < -0.39 is 10.6 Å². The molecule has 1 aromatic rings. The van der Waals surface area contributed by atoms with E-state index in [2.05, 4.69) is 6.58 Å². The fourth-order valence-electron chi connectivity index (χ4n) is 0.916. The summed E-state index contributed by atoms with van der Waals surface area (Å²) < 4.78 is 17.6. The molecule has 1 N–H and O–H groups in total. The molecule has 3 heteroatoms. The Hall–Kier alpha value is -1.09. The third-order valence-electron chi connectivity index (χ3n) is 1.52. The number of rotatable bonds is 3. The lowest BCUT2D eigenvalue weighted by molar-refractivity contribution is 0.599. The lowest BCUT2D eigenvalue weighted by Crippen LogP contribution is -1.81. The van der Waals surface area contributed by atoms with Gasteiger partial charge in [-0.05, 0) is 12.0 Å². The maximum absolute atomic E-state index is 10.7. The summed E-state index contributed by atoms with van der Waals surface area (Å²) in [6, 6.07) is 7.15. The van der Waals surface area contributed by atoms with Gasteiger partial charge >= 0.3 is 0 Å². The third-order valence-corrected chi connectivity index (χ3v) is 2.22. The van der Waals surface area contributed by atoms with Crippen LogP contribution in [0.3, 0.4) is 0 Å². The van der Waals surface area contributed by atoms with E-state index in [4.69, 9.17) is 4.78 Å². The van der Waals surface area contributed by atoms with Crippen molar-refractivity contribution in [2.75, 3.05) is 0 Å². The number of hydrogen-bond acceptors (Lipinski definition) is 3. The zero-order valence-corrected chi connectivity index (χ0v) is 7.43. The van der Waals surface area contributed by atoms with Crippen LogP contribution in [0.1, 0.15) is 5.56 Å². The molecule has 0 atom stereocenters. The quantitative estimate of drug-likeness (QED) is 0.563. The predicted molar refractivity (Wildman–Crippen MR) is 49.4 cm³/mol. The van der Waals surface area contributed by atoms with E-state index in [1.165, 1.54) is 0 Å². The highest BCUT2D eigenvalue weighted by molar-refractivity contribution is 7.73. The van der Waals surface area contributed by atoms with Crippen LogP contribution in [0.5, 0.6) is 0 Å². The molecule has 64 valence electrons. The molecule has 0 aliphatic rings. The fraction of sp³-hybridized carbons (Fsp3) is 0.111. The molecule has 0 saturated heterocycles. The van der Waals surface area contributed by atoms with Crippen LogP contribution < -0.4 is 0 Å². The Bertz CT molecular complexity index is 330. The minimum Gasteiger partial charge on any atom is -0.440 e. The summed E-state index contributed by atoms with van der Waals surface area (Å²) in [4.78, 5) is 0.544. The van der Waals surface area contributed by atoms with Crippen molar-refractivity contribution in [1.82, 2.24) is 0 Å². The minimum absolute atomic E-state index is 0.544. The highest BCUT2D eigenvalue weighted by Gasteiger charge is 1.86. The molecule has 0 amide bonds. The van der Waals surface area contributed by atoms with E-state index in [9.17, 15) is 4.21 Å². The van der Waals surface area contributed by atoms with Crippen molar-refractivity contribution in [1.29, 1.82) is 4.78 Å². The molecule has 0 saturated carbocycles. The molecule has 0 aromatic heterocycles. The number of hydrogen-bond donors (Lipinski definition) is 1. The molecule has 0 fully saturated rings. The van der Waals surface area contributed by atoms with Gasteiger partial charge in [0.1, 0.15) is 0 Å². The summed E-state index contributed by atoms with van der Waals surface area (Å²) in [6.45, 7) is 3.62. The van der Waals surface area contributed by atoms with Gasteiger partial charge in [-0.25, -0.2) is 0 Å². The summed E-state index contributed by atoms with van der Waals surface area (Å²) in [6.07, 6.45) is 2.62. The Morgan fingerprint density at radius 3 is 2.42 bits per heavy atom. The van der Waals surface area contributed by atoms with Crippen LogP contribution in [-0.4, -0.2) is 0 Å². The van der Waals surface area contributed by atoms with Crippen molar-refractivity contribution < 1.29 is 4.21 Å². The molecule has 2 nitrogen and oxygen atoms in total. The lowest BCUT2D eigenvalue weighted by Gasteiger charge is -2.02. The van der Waals surface area contributed by atoms with Crippen LogP contribution in [0, 0.1) is 4.78 Å². The molecule has 0 aliphatic carbocycles. The average Bonchev–Trinajstić information content (AvgIpc) is 2.06. The molecule has 0 unspecified atom stereocenters. The van der Waals surface area contributed by atoms with E-state index in [0.29, 0.717) is 4.90 Å². The zero-order chi connectivity index (χ0) is 8.97. The summed E-state index contributed by atoms with van der Waals surface area (Å²) >= 11 is 0. The van der Waals surface area contributed by atoms with Crippen LogP contribution in [0.2, 0.25) is 0 Å². The first-order valence-corrected chi connectivity index (χ1v) is 4.72. The molecule has 1 aromatic carbocycles. The smallest absolute Gasteiger partial charge is 0.0100 e. The maximum Gasteiger partial charge on any atom is -0.0100 e. The van der Waals surface area contributed by atoms with Crippen molar-refractivity contribution in [2.24, 2.45) is 0 Å². The first-order chi connectivity index (χ1) is 5.74. The van der Waals surface area contributed by atoms with Crippen LogP contribution >= 0.6 is 0 Å². The first-order valence-electron chi connectivity index (χ1n) is 3.57. The van der Waals surface area contributed by atoms with E-state index in [1.54, 1.807) is 12.1 Å². The Morgan fingerprint density at radius 2 is 2.00 bits per heavy atom. The van der Waals surface area contributed by atoms with Crippen molar-refractivity contribution >= 4 is 10.6 Å². The number of benzene rings is 1. The molecule has 0 heterocycles. The van der Waals surface area contributed by atoms with E-state index in [0.717, 1.165) is 12.0 Å². The molecule has 0 bridgehead atoms. The second kappa shape index (κ2) is 4.07. The van der Waals surface area contributed by atoms with Crippen LogP contribution in [-0.2, 0) is 21.2 Å². The van der Waals surface area contributed by atoms with Gasteiger partial charge < -0.3 is 8.99 Å². The number of allylic oxidation sites excluding steroid dienone is 1. The van der Waals surface area contributed by atoms with E-state index >= 15 is 0 Å². The second-order valence-corrected chi connectivity index (χ2v) is 3.41. The van der Waals surface area contributed by atoms with Crippen LogP contribution in [0.15, 0.2) is 41.8 Å². The lowest BCUT2D eigenvalue weighted by atomic mass is 10.2. The predicted octanol–water partition coefficient (Wildman–Crippen LogP) is 2.50. The monoisotopic (exact) mass is 180 g/mol. The molecule has 0 aliphatic heterocycles. The van der Waals surface area contributed by atoms with Gasteiger partial charge in [-0.15, -0.1) is 11.5 Å². The Labute approximate surface area is 73.9 Å². The van der Waals surface area contributed by atoms with Gasteiger partial charge in [-0.3, -0.25) is 0 Å². The summed E-state index contributed by atoms with van der Waals surface area (Å²) in [5, 5.41) is 0. The largest absolute Gasteiger partial charge is 0.440 e. The van der Waals surface area contributed by atoms with Crippen molar-refractivity contribution in [3.8, 4) is 0 Å². The normalized spacial score (nSPS) is 10.1. The standard InChI is InChI=1S/C9H10NOS/c1-2-3-8-4-6-9(7-5-8)12(10)11/h2,4-7,10H,1,3H2/q-1. The second-order valence-electron chi connectivity index (χ2n) is 2.41. The zero-order valence-electron chi connectivity index (χ0n) is 6.62. The van der Waals surface area contributed by atoms with Crippen molar-refractivity contribution in [3.63, 3.8) is 0 Å². The molecular formula is C9H10NOS-. The van der Waals surface area contributed by atoms with Gasteiger partial charge in [-0.2, -0.15) is 10.6 Å². The Balaban J connectivity index is 2.92. The topological polar surface area (TPSA) is 40.9 Å². The molecule has 1 rings (SSSR count). The SMILES string of the molecule is C=CCc1ccc([S-](=N)=O)cc1. The molecular weight excluding hydrogens is 170 g/mol. The highest BCUT2D eigenvalue weighted by Crippen LogP contribution is 2.06. The van der Waals surface area contributed by atoms with Gasteiger partial charge in [0.05, 0.1) is 0 Å². The van der Waals surface area contributed by atoms with Gasteiger partial charge in [-0.1, -0.05) is 30.3 Å². The summed E-state index contributed by atoms with van der Waals surface area (Å²) in [5.41, 5.74) is 1.12. The molecule has 12 heavy (non-hydrogen) atoms. The van der Waals surface area contributed by atoms with Crippen molar-refractivity contribution in [3.05, 3.63) is 42.5 Å². The average molecular weight is 180 g/mol. The van der Waals surface area contributed by atoms with E-state index in [1.807, 2.05) is 18.2 Å². The van der Waals surface area contributed by atoms with E-state index in [-0.39, 0.29) is 0 Å². The maximum atomic E-state index is 10.7. The van der Waals surface area contributed by atoms with Gasteiger partial charge in [0.25, 0.3) is 0 Å². The van der Waals surface area contributed by atoms with Crippen LogP contribution in [0.25, 0.3) is 0 Å². The highest BCUT2D eigenvalue weighted by atomic mass is 32.2. The molecule has 0 radical (unpaired) electrons. The van der Waals surface area contributed by atoms with Gasteiger partial charge in [0, 0.05) is 0 Å². The minimum atomic E-state index is -1.62. The summed E-state index contributed by atoms with van der Waals surface area (Å²) in [7, 11) is -1.62. The third kappa shape index (κ3) is 2.20. The van der Waals surface area contributed by atoms with Crippen LogP contribution in [0.4, 0.5) is 0 Å². The Kier molecular flexibility index (Phi) is 3.05. The van der Waals surface area contributed by atoms with Gasteiger partial charge in [0.15, 0.2) is 0 Å². The van der Waals surface area contributed by atoms with Crippen molar-refractivity contribution in [2.45, 2.75) is 11.3 Å².